The van der Waals surface area contributed by atoms with Crippen LogP contribution < -0.4 is 0 Å². The van der Waals surface area contributed by atoms with Crippen LogP contribution in [0.5, 0.6) is 0 Å². The van der Waals surface area contributed by atoms with E-state index in [0.29, 0.717) is 0 Å². The maximum absolute atomic E-state index is 7.05. The van der Waals surface area contributed by atoms with E-state index in [1.165, 1.54) is 6.20 Å². The molecule has 0 aliphatic carbocycles. The van der Waals surface area contributed by atoms with Crippen molar-refractivity contribution in [3.8, 4) is 0 Å². The first kappa shape index (κ1) is 3.40. The predicted octanol–water partition coefficient (Wildman–Crippen LogP) is 1.37. The number of nitrogens with zero attached hydrogens (tertiary/aromatic N) is 2. The number of aromatic nitrogens is 2. The fourth-order valence-electron chi connectivity index (χ4n) is 0.751. The first-order chi connectivity index (χ1) is 5.54. The fourth-order valence-corrected chi connectivity index (χ4v) is 0.751. The van der Waals surface area contributed by atoms with Crippen LogP contribution in [0.25, 0.3) is 0 Å². The van der Waals surface area contributed by atoms with Crippen LogP contribution in [0.1, 0.15) is 23.2 Å². The Kier molecular flexibility index (Phi) is 1.01. The van der Waals surface area contributed by atoms with Gasteiger partial charge < -0.3 is 0 Å². The molecule has 2 nitrogen and oxygen atoms in total. The Labute approximate surface area is 59.7 Å². The maximum Gasteiger partial charge on any atom is 0.0624 e. The highest BCUT2D eigenvalue weighted by atomic mass is 15.2. The number of aryl methyl sites for hydroxylation is 2. The van der Waals surface area contributed by atoms with Gasteiger partial charge >= 0.3 is 0 Å². The third kappa shape index (κ3) is 1.56. The molecule has 0 unspecified atom stereocenters. The van der Waals surface area contributed by atoms with E-state index in [-0.39, 0.29) is 0 Å². The van der Waals surface area contributed by atoms with Gasteiger partial charge in [-0.15, -0.1) is 0 Å². The lowest BCUT2D eigenvalue weighted by Gasteiger charge is -1.87. The van der Waals surface area contributed by atoms with E-state index in [2.05, 4.69) is 5.10 Å². The van der Waals surface area contributed by atoms with Gasteiger partial charge in [0.1, 0.15) is 0 Å². The predicted molar refractivity (Wildman–Crippen MR) is 37.2 cm³/mol. The molecule has 1 aromatic heterocycles. The van der Waals surface area contributed by atoms with E-state index < -0.39 is 6.98 Å². The second-order valence-electron chi connectivity index (χ2n) is 2.00. The molecule has 1 rings (SSSR count). The third-order valence-electron chi connectivity index (χ3n) is 1.15. The van der Waals surface area contributed by atoms with Crippen molar-refractivity contribution >= 4 is 0 Å². The normalized spacial score (nSPS) is 16.3. The smallest absolute Gasteiger partial charge is 0.0624 e. The standard InChI is InChI=1S/C7H12N2/c1-3-4-7-5-6-9(2)8-7/h5-6H,3-4H2,1-2H3/i2D3. The van der Waals surface area contributed by atoms with Crippen molar-refractivity contribution in [2.45, 2.75) is 19.8 Å². The molecular weight excluding hydrogens is 112 g/mol. The van der Waals surface area contributed by atoms with Gasteiger partial charge in [-0.2, -0.15) is 5.10 Å². The second-order valence-corrected chi connectivity index (χ2v) is 2.00. The quantitative estimate of drug-likeness (QED) is 0.586. The van der Waals surface area contributed by atoms with Gasteiger partial charge in [-0.05, 0) is 12.5 Å². The Morgan fingerprint density at radius 1 is 1.89 bits per heavy atom. The average Bonchev–Trinajstić information content (AvgIpc) is 2.35. The van der Waals surface area contributed by atoms with Crippen molar-refractivity contribution in [2.24, 2.45) is 6.98 Å². The molecule has 0 aliphatic heterocycles. The van der Waals surface area contributed by atoms with E-state index in [9.17, 15) is 0 Å². The summed E-state index contributed by atoms with van der Waals surface area (Å²) in [4.78, 5) is 0. The van der Waals surface area contributed by atoms with Crippen LogP contribution in [0.3, 0.4) is 0 Å². The van der Waals surface area contributed by atoms with Crippen LogP contribution in [0.4, 0.5) is 0 Å². The number of hydrogen-bond acceptors (Lipinski definition) is 1. The van der Waals surface area contributed by atoms with Crippen molar-refractivity contribution in [3.63, 3.8) is 0 Å². The first-order valence-corrected chi connectivity index (χ1v) is 3.09. The molecular formula is C7H12N2. The van der Waals surface area contributed by atoms with Crippen LogP contribution in [-0.2, 0) is 13.4 Å². The average molecular weight is 127 g/mol. The zero-order chi connectivity index (χ0) is 9.19. The first-order valence-electron chi connectivity index (χ1n) is 4.59. The molecule has 0 N–H and O–H groups in total. The lowest BCUT2D eigenvalue weighted by atomic mass is 10.3. The van der Waals surface area contributed by atoms with Gasteiger partial charge in [0.2, 0.25) is 0 Å². The zero-order valence-electron chi connectivity index (χ0n) is 8.46. The molecule has 50 valence electrons. The highest BCUT2D eigenvalue weighted by Gasteiger charge is 1.91. The minimum absolute atomic E-state index is 0.836. The highest BCUT2D eigenvalue weighted by molar-refractivity contribution is 4.97. The van der Waals surface area contributed by atoms with Gasteiger partial charge in [-0.3, -0.25) is 4.68 Å². The summed E-state index contributed by atoms with van der Waals surface area (Å²) in [6.45, 7) is -0.0969. The van der Waals surface area contributed by atoms with Gasteiger partial charge in [-0.1, -0.05) is 13.3 Å². The monoisotopic (exact) mass is 127 g/mol. The Bertz CT molecular complexity index is 251. The molecule has 2 heteroatoms. The molecule has 0 atom stereocenters. The minimum atomic E-state index is -2.13. The summed E-state index contributed by atoms with van der Waals surface area (Å²) in [6.07, 6.45) is 3.32. The second kappa shape index (κ2) is 2.67. The summed E-state index contributed by atoms with van der Waals surface area (Å²) in [5.74, 6) is 0. The molecule has 1 aromatic rings. The lowest BCUT2D eigenvalue weighted by molar-refractivity contribution is 0.733. The van der Waals surface area contributed by atoms with Gasteiger partial charge in [0.15, 0.2) is 0 Å². The fraction of sp³-hybridized carbons (Fsp3) is 0.571. The van der Waals surface area contributed by atoms with Gasteiger partial charge in [0, 0.05) is 17.3 Å². The van der Waals surface area contributed by atoms with Crippen molar-refractivity contribution in [2.75, 3.05) is 0 Å². The lowest BCUT2D eigenvalue weighted by Crippen LogP contribution is -1.89. The SMILES string of the molecule is [2H]C([2H])([2H])n1ccc(CCC)n1. The largest absolute Gasteiger partial charge is 0.276 e. The zero-order valence-corrected chi connectivity index (χ0v) is 5.46. The molecule has 0 spiro atoms. The molecule has 0 saturated carbocycles. The Hall–Kier alpha value is -0.790. The van der Waals surface area contributed by atoms with Gasteiger partial charge in [-0.25, -0.2) is 0 Å². The number of rotatable bonds is 2. The van der Waals surface area contributed by atoms with Gasteiger partial charge in [0.05, 0.1) is 5.69 Å². The molecule has 0 radical (unpaired) electrons. The summed E-state index contributed by atoms with van der Waals surface area (Å²) in [7, 11) is 0. The number of hydrogen-bond donors (Lipinski definition) is 0. The van der Waals surface area contributed by atoms with E-state index in [1.54, 1.807) is 6.07 Å². The summed E-state index contributed by atoms with van der Waals surface area (Å²) in [5.41, 5.74) is 0.841. The summed E-state index contributed by atoms with van der Waals surface area (Å²) >= 11 is 0. The highest BCUT2D eigenvalue weighted by Crippen LogP contribution is 1.96. The summed E-state index contributed by atoms with van der Waals surface area (Å²) in [6, 6.07) is 1.75. The molecule has 9 heavy (non-hydrogen) atoms. The maximum atomic E-state index is 7.05. The molecule has 1 heterocycles. The van der Waals surface area contributed by atoms with E-state index in [4.69, 9.17) is 4.11 Å². The molecule has 0 aliphatic rings. The Balaban J connectivity index is 2.77. The third-order valence-corrected chi connectivity index (χ3v) is 1.15. The van der Waals surface area contributed by atoms with Crippen molar-refractivity contribution in [1.29, 1.82) is 0 Å². The van der Waals surface area contributed by atoms with Crippen molar-refractivity contribution in [1.82, 2.24) is 9.78 Å². The molecule has 0 bridgehead atoms. The molecule has 0 fully saturated rings. The van der Waals surface area contributed by atoms with E-state index >= 15 is 0 Å². The summed E-state index contributed by atoms with van der Waals surface area (Å²) in [5, 5.41) is 3.93. The molecule has 0 saturated heterocycles. The summed E-state index contributed by atoms with van der Waals surface area (Å²) < 4.78 is 22.2. The van der Waals surface area contributed by atoms with Gasteiger partial charge in [0.25, 0.3) is 0 Å². The molecule has 0 aromatic carbocycles. The van der Waals surface area contributed by atoms with Crippen LogP contribution in [-0.4, -0.2) is 9.78 Å². The molecule has 0 amide bonds. The van der Waals surface area contributed by atoms with Crippen LogP contribution in [0.2, 0.25) is 0 Å². The van der Waals surface area contributed by atoms with Crippen LogP contribution in [0, 0.1) is 0 Å². The van der Waals surface area contributed by atoms with Crippen LogP contribution >= 0.6 is 0 Å². The topological polar surface area (TPSA) is 17.8 Å². The van der Waals surface area contributed by atoms with E-state index in [1.807, 2.05) is 6.92 Å². The van der Waals surface area contributed by atoms with Crippen molar-refractivity contribution < 1.29 is 4.11 Å². The van der Waals surface area contributed by atoms with Crippen LogP contribution in [0.15, 0.2) is 12.3 Å². The Morgan fingerprint density at radius 3 is 3.33 bits per heavy atom. The van der Waals surface area contributed by atoms with E-state index in [0.717, 1.165) is 23.2 Å². The Morgan fingerprint density at radius 2 is 2.78 bits per heavy atom. The van der Waals surface area contributed by atoms with Crippen molar-refractivity contribution in [3.05, 3.63) is 18.0 Å². The minimum Gasteiger partial charge on any atom is -0.276 e.